The molecule has 1 heterocycles. The molecule has 4 aromatic rings. The molecule has 4 heteroatoms. The predicted molar refractivity (Wildman–Crippen MR) is 100 cm³/mol. The molecule has 0 aliphatic heterocycles. The Morgan fingerprint density at radius 1 is 0.920 bits per heavy atom. The van der Waals surface area contributed by atoms with Crippen molar-refractivity contribution < 1.29 is 9.53 Å². The summed E-state index contributed by atoms with van der Waals surface area (Å²) < 4.78 is 5.47. The number of ether oxygens (including phenoxy) is 1. The van der Waals surface area contributed by atoms with Crippen molar-refractivity contribution in [1.29, 1.82) is 0 Å². The van der Waals surface area contributed by atoms with Gasteiger partial charge >= 0.3 is 5.97 Å². The topological polar surface area (TPSA) is 39.2 Å². The van der Waals surface area contributed by atoms with Crippen LogP contribution in [0.3, 0.4) is 0 Å². The third-order valence-electron chi connectivity index (χ3n) is 4.10. The fourth-order valence-electron chi connectivity index (χ4n) is 2.86. The number of pyridine rings is 1. The second kappa shape index (κ2) is 6.19. The Morgan fingerprint density at radius 2 is 1.68 bits per heavy atom. The van der Waals surface area contributed by atoms with Gasteiger partial charge in [-0.15, -0.1) is 0 Å². The lowest BCUT2D eigenvalue weighted by Gasteiger charge is -2.09. The van der Waals surface area contributed by atoms with E-state index in [4.69, 9.17) is 16.3 Å². The van der Waals surface area contributed by atoms with Crippen LogP contribution in [-0.4, -0.2) is 11.0 Å². The third-order valence-corrected chi connectivity index (χ3v) is 4.38. The summed E-state index contributed by atoms with van der Waals surface area (Å²) in [5.74, 6) is 0.0389. The molecule has 0 saturated carbocycles. The summed E-state index contributed by atoms with van der Waals surface area (Å²) in [6, 6.07) is 20.4. The molecular weight excluding hydrogens is 334 g/mol. The van der Waals surface area contributed by atoms with Crippen LogP contribution in [0.1, 0.15) is 15.9 Å². The van der Waals surface area contributed by atoms with E-state index in [0.717, 1.165) is 27.2 Å². The molecule has 3 nitrogen and oxygen atoms in total. The first-order valence-corrected chi connectivity index (χ1v) is 8.26. The van der Waals surface area contributed by atoms with Crippen molar-refractivity contribution in [3.63, 3.8) is 0 Å². The number of carbonyl (C=O) groups excluding carboxylic acids is 1. The van der Waals surface area contributed by atoms with E-state index >= 15 is 0 Å². The summed E-state index contributed by atoms with van der Waals surface area (Å²) in [7, 11) is 0. The molecule has 0 aliphatic rings. The summed E-state index contributed by atoms with van der Waals surface area (Å²) in [5.41, 5.74) is 2.48. The zero-order valence-electron chi connectivity index (χ0n) is 13.5. The van der Waals surface area contributed by atoms with Gasteiger partial charge in [0.05, 0.1) is 11.1 Å². The van der Waals surface area contributed by atoms with Crippen molar-refractivity contribution in [1.82, 2.24) is 4.98 Å². The van der Waals surface area contributed by atoms with Crippen molar-refractivity contribution in [3.05, 3.63) is 83.0 Å². The zero-order chi connectivity index (χ0) is 17.4. The maximum Gasteiger partial charge on any atom is 0.343 e. The Balaban J connectivity index is 1.78. The Kier molecular flexibility index (Phi) is 3.86. The van der Waals surface area contributed by atoms with Crippen molar-refractivity contribution in [2.24, 2.45) is 0 Å². The van der Waals surface area contributed by atoms with Gasteiger partial charge in [0.15, 0.2) is 0 Å². The molecule has 0 fully saturated rings. The van der Waals surface area contributed by atoms with E-state index in [1.807, 2.05) is 37.3 Å². The van der Waals surface area contributed by atoms with E-state index in [1.165, 1.54) is 0 Å². The lowest BCUT2D eigenvalue weighted by molar-refractivity contribution is 0.0735. The molecule has 25 heavy (non-hydrogen) atoms. The van der Waals surface area contributed by atoms with E-state index < -0.39 is 5.97 Å². The first-order valence-electron chi connectivity index (χ1n) is 7.89. The normalized spacial score (nSPS) is 11.0. The highest BCUT2D eigenvalue weighted by molar-refractivity contribution is 6.35. The fourth-order valence-corrected chi connectivity index (χ4v) is 3.11. The van der Waals surface area contributed by atoms with Crippen LogP contribution in [0.15, 0.2) is 66.7 Å². The number of esters is 1. The minimum absolute atomic E-state index is 0.394. The summed E-state index contributed by atoms with van der Waals surface area (Å²) in [6.45, 7) is 2.02. The summed E-state index contributed by atoms with van der Waals surface area (Å²) in [4.78, 5) is 16.7. The van der Waals surface area contributed by atoms with Crippen molar-refractivity contribution in [3.8, 4) is 5.75 Å². The smallest absolute Gasteiger partial charge is 0.343 e. The molecule has 0 atom stereocenters. The van der Waals surface area contributed by atoms with Crippen LogP contribution in [0.5, 0.6) is 5.75 Å². The number of halogens is 1. The molecule has 0 spiro atoms. The van der Waals surface area contributed by atoms with Crippen LogP contribution < -0.4 is 4.74 Å². The van der Waals surface area contributed by atoms with Crippen LogP contribution >= 0.6 is 11.6 Å². The molecule has 4 rings (SSSR count). The monoisotopic (exact) mass is 347 g/mol. The highest BCUT2D eigenvalue weighted by atomic mass is 35.5. The van der Waals surface area contributed by atoms with Gasteiger partial charge in [-0.1, -0.05) is 41.9 Å². The number of fused-ring (bicyclic) bond motifs is 3. The van der Waals surface area contributed by atoms with Gasteiger partial charge in [-0.05, 0) is 54.3 Å². The number of aromatic nitrogens is 1. The van der Waals surface area contributed by atoms with Crippen LogP contribution in [0, 0.1) is 6.92 Å². The first kappa shape index (κ1) is 15.6. The zero-order valence-corrected chi connectivity index (χ0v) is 14.2. The van der Waals surface area contributed by atoms with E-state index in [2.05, 4.69) is 4.98 Å². The van der Waals surface area contributed by atoms with E-state index in [0.29, 0.717) is 16.5 Å². The Labute approximate surface area is 149 Å². The average Bonchev–Trinajstić information content (AvgIpc) is 2.62. The van der Waals surface area contributed by atoms with Crippen molar-refractivity contribution >= 4 is 39.2 Å². The second-order valence-electron chi connectivity index (χ2n) is 5.89. The van der Waals surface area contributed by atoms with Crippen LogP contribution in [0.2, 0.25) is 5.15 Å². The van der Waals surface area contributed by atoms with Gasteiger partial charge < -0.3 is 4.74 Å². The predicted octanol–water partition coefficient (Wildman–Crippen LogP) is 5.57. The Hall–Kier alpha value is -2.91. The van der Waals surface area contributed by atoms with Gasteiger partial charge in [-0.3, -0.25) is 0 Å². The molecule has 0 saturated heterocycles. The van der Waals surface area contributed by atoms with Gasteiger partial charge in [-0.2, -0.15) is 0 Å². The Bertz CT molecular complexity index is 1110. The third kappa shape index (κ3) is 2.94. The molecule has 0 bridgehead atoms. The number of aryl methyl sites for hydroxylation is 1. The highest BCUT2D eigenvalue weighted by Crippen LogP contribution is 2.32. The van der Waals surface area contributed by atoms with E-state index in [1.54, 1.807) is 36.4 Å². The van der Waals surface area contributed by atoms with E-state index in [-0.39, 0.29) is 0 Å². The molecule has 0 unspecified atom stereocenters. The lowest BCUT2D eigenvalue weighted by atomic mass is 10.0. The number of rotatable bonds is 2. The molecule has 1 aromatic heterocycles. The van der Waals surface area contributed by atoms with Gasteiger partial charge in [0.2, 0.25) is 0 Å². The minimum atomic E-state index is -0.402. The molecule has 122 valence electrons. The van der Waals surface area contributed by atoms with Gasteiger partial charge in [-0.25, -0.2) is 9.78 Å². The summed E-state index contributed by atoms with van der Waals surface area (Å²) in [6.07, 6.45) is 0. The largest absolute Gasteiger partial charge is 0.423 e. The lowest BCUT2D eigenvalue weighted by Crippen LogP contribution is -2.08. The van der Waals surface area contributed by atoms with Crippen LogP contribution in [-0.2, 0) is 0 Å². The SMILES string of the molecule is Cc1ccc2c(c1)nc(Cl)c1cc(OC(=O)c3ccccc3)ccc12. The number of hydrogen-bond donors (Lipinski definition) is 0. The number of hydrogen-bond acceptors (Lipinski definition) is 3. The second-order valence-corrected chi connectivity index (χ2v) is 6.24. The van der Waals surface area contributed by atoms with Crippen molar-refractivity contribution in [2.45, 2.75) is 6.92 Å². The van der Waals surface area contributed by atoms with E-state index in [9.17, 15) is 4.79 Å². The number of nitrogens with zero attached hydrogens (tertiary/aromatic N) is 1. The quantitative estimate of drug-likeness (QED) is 0.206. The molecule has 0 N–H and O–H groups in total. The highest BCUT2D eigenvalue weighted by Gasteiger charge is 2.11. The molecule has 0 amide bonds. The van der Waals surface area contributed by atoms with Crippen LogP contribution in [0.25, 0.3) is 21.7 Å². The van der Waals surface area contributed by atoms with Gasteiger partial charge in [0.1, 0.15) is 10.9 Å². The summed E-state index contributed by atoms with van der Waals surface area (Å²) >= 11 is 6.36. The number of carbonyl (C=O) groups is 1. The van der Waals surface area contributed by atoms with Crippen LogP contribution in [0.4, 0.5) is 0 Å². The van der Waals surface area contributed by atoms with Crippen molar-refractivity contribution in [2.75, 3.05) is 0 Å². The molecule has 3 aromatic carbocycles. The summed E-state index contributed by atoms with van der Waals surface area (Å²) in [5, 5.41) is 3.16. The first-order chi connectivity index (χ1) is 12.1. The molecular formula is C21H14ClNO2. The Morgan fingerprint density at radius 3 is 2.48 bits per heavy atom. The molecule has 0 radical (unpaired) electrons. The molecule has 0 aliphatic carbocycles. The maximum atomic E-state index is 12.2. The van der Waals surface area contributed by atoms with Gasteiger partial charge in [0, 0.05) is 10.8 Å². The minimum Gasteiger partial charge on any atom is -0.423 e. The number of benzene rings is 3. The maximum absolute atomic E-state index is 12.2. The van der Waals surface area contributed by atoms with Gasteiger partial charge in [0.25, 0.3) is 0 Å². The standard InChI is InChI=1S/C21H14ClNO2/c1-13-7-9-17-16-10-8-15(12-18(16)20(22)23-19(17)11-13)25-21(24)14-5-3-2-4-6-14/h2-12H,1H3. The average molecular weight is 348 g/mol. The fraction of sp³-hybridized carbons (Fsp3) is 0.0476.